The number of carbonyl (C=O) groups is 3. The van der Waals surface area contributed by atoms with Crippen LogP contribution in [0.1, 0.15) is 33.6 Å². The number of anilines is 2. The highest BCUT2D eigenvalue weighted by molar-refractivity contribution is 6.01. The fourth-order valence-corrected chi connectivity index (χ4v) is 4.35. The van der Waals surface area contributed by atoms with Gasteiger partial charge < -0.3 is 20.4 Å². The van der Waals surface area contributed by atoms with Gasteiger partial charge in [-0.3, -0.25) is 14.4 Å². The topological polar surface area (TPSA) is 137 Å². The maximum Gasteiger partial charge on any atom is 0.252 e. The maximum atomic E-state index is 13.1. The van der Waals surface area contributed by atoms with Crippen LogP contribution in [0.4, 0.5) is 11.5 Å². The van der Waals surface area contributed by atoms with E-state index in [-0.39, 0.29) is 18.2 Å². The molecule has 1 unspecified atom stereocenters. The summed E-state index contributed by atoms with van der Waals surface area (Å²) in [6, 6.07) is 8.82. The van der Waals surface area contributed by atoms with E-state index in [1.54, 1.807) is 47.9 Å². The summed E-state index contributed by atoms with van der Waals surface area (Å²) in [5, 5.41) is 17.3. The number of carbonyl (C=O) groups excluding carboxylic acids is 3. The Hall–Kier alpha value is -4.00. The number of aryl methyl sites for hydroxylation is 1. The highest BCUT2D eigenvalue weighted by Crippen LogP contribution is 2.28. The minimum Gasteiger partial charge on any atom is -0.365 e. The van der Waals surface area contributed by atoms with Crippen LogP contribution in [0, 0.1) is 31.1 Å². The van der Waals surface area contributed by atoms with Crippen LogP contribution in [-0.2, 0) is 9.59 Å². The summed E-state index contributed by atoms with van der Waals surface area (Å²) >= 11 is 0. The van der Waals surface area contributed by atoms with Crippen molar-refractivity contribution in [3.05, 3.63) is 46.6 Å². The molecule has 3 amide bonds. The normalized spacial score (nSPS) is 18.4. The third-order valence-electron chi connectivity index (χ3n) is 6.36. The molecule has 1 atom stereocenters. The number of amides is 3. The van der Waals surface area contributed by atoms with E-state index in [0.29, 0.717) is 66.6 Å². The van der Waals surface area contributed by atoms with Crippen molar-refractivity contribution in [2.24, 2.45) is 11.7 Å². The van der Waals surface area contributed by atoms with Crippen LogP contribution in [0.2, 0.25) is 0 Å². The summed E-state index contributed by atoms with van der Waals surface area (Å²) in [7, 11) is 0. The van der Waals surface area contributed by atoms with Crippen molar-refractivity contribution in [2.75, 3.05) is 42.5 Å². The van der Waals surface area contributed by atoms with Crippen molar-refractivity contribution in [2.45, 2.75) is 20.3 Å². The van der Waals surface area contributed by atoms with E-state index < -0.39 is 11.8 Å². The third-order valence-corrected chi connectivity index (χ3v) is 6.36. The van der Waals surface area contributed by atoms with Gasteiger partial charge in [-0.2, -0.15) is 10.4 Å². The quantitative estimate of drug-likeness (QED) is 0.731. The first-order valence-corrected chi connectivity index (χ1v) is 10.8. The molecule has 0 saturated carbocycles. The second-order valence-corrected chi connectivity index (χ2v) is 8.35. The average Bonchev–Trinajstić information content (AvgIpc) is 3.21. The van der Waals surface area contributed by atoms with E-state index in [1.807, 2.05) is 4.90 Å². The van der Waals surface area contributed by atoms with Crippen molar-refractivity contribution in [3.63, 3.8) is 0 Å². The molecule has 0 spiro atoms. The summed E-state index contributed by atoms with van der Waals surface area (Å²) < 4.78 is 0. The molecule has 2 aromatic rings. The molecule has 0 radical (unpaired) electrons. The third kappa shape index (κ3) is 4.22. The summed E-state index contributed by atoms with van der Waals surface area (Å²) in [5.41, 5.74) is 8.51. The van der Waals surface area contributed by atoms with Crippen LogP contribution >= 0.6 is 0 Å². The first-order chi connectivity index (χ1) is 15.8. The van der Waals surface area contributed by atoms with Gasteiger partial charge in [0, 0.05) is 44.8 Å². The van der Waals surface area contributed by atoms with Gasteiger partial charge in [-0.25, -0.2) is 0 Å². The first kappa shape index (κ1) is 22.2. The molecule has 1 aromatic carbocycles. The van der Waals surface area contributed by atoms with E-state index in [0.717, 1.165) is 0 Å². The standard InChI is InChI=1S/C23H25N7O3/c1-14-15(2)26-27-22(20(14)21(25)32)28-7-9-29(10-8-28)23(33)17-11-19(31)30(13-17)18-5-3-16(12-24)4-6-18/h3-6,17H,7-11,13H2,1-2H3,(H2,25,32). The summed E-state index contributed by atoms with van der Waals surface area (Å²) in [4.78, 5) is 43.0. The highest BCUT2D eigenvalue weighted by Gasteiger charge is 2.38. The molecule has 3 heterocycles. The Labute approximate surface area is 191 Å². The Morgan fingerprint density at radius 1 is 1.09 bits per heavy atom. The number of hydrogen-bond acceptors (Lipinski definition) is 7. The molecule has 2 N–H and O–H groups in total. The number of nitrogens with two attached hydrogens (primary N) is 1. The molecule has 1 aromatic heterocycles. The Kier molecular flexibility index (Phi) is 5.96. The van der Waals surface area contributed by atoms with E-state index >= 15 is 0 Å². The lowest BCUT2D eigenvalue weighted by molar-refractivity contribution is -0.136. The van der Waals surface area contributed by atoms with Gasteiger partial charge in [-0.15, -0.1) is 5.10 Å². The summed E-state index contributed by atoms with van der Waals surface area (Å²) in [5.74, 6) is -0.678. The SMILES string of the molecule is Cc1nnc(N2CCN(C(=O)C3CC(=O)N(c4ccc(C#N)cc4)C3)CC2)c(C(N)=O)c1C. The van der Waals surface area contributed by atoms with Crippen molar-refractivity contribution < 1.29 is 14.4 Å². The van der Waals surface area contributed by atoms with E-state index in [1.165, 1.54) is 0 Å². The molecule has 2 aliphatic heterocycles. The van der Waals surface area contributed by atoms with Crippen molar-refractivity contribution in [1.82, 2.24) is 15.1 Å². The van der Waals surface area contributed by atoms with E-state index in [9.17, 15) is 14.4 Å². The van der Waals surface area contributed by atoms with E-state index in [2.05, 4.69) is 16.3 Å². The summed E-state index contributed by atoms with van der Waals surface area (Å²) in [6.45, 7) is 5.77. The average molecular weight is 447 g/mol. The zero-order valence-electron chi connectivity index (χ0n) is 18.6. The molecule has 2 saturated heterocycles. The molecule has 2 aliphatic rings. The van der Waals surface area contributed by atoms with Gasteiger partial charge in [-0.05, 0) is 43.7 Å². The summed E-state index contributed by atoms with van der Waals surface area (Å²) in [6.07, 6.45) is 0.160. The largest absolute Gasteiger partial charge is 0.365 e. The fourth-order valence-electron chi connectivity index (χ4n) is 4.35. The zero-order valence-corrected chi connectivity index (χ0v) is 18.6. The molecule has 10 heteroatoms. The lowest BCUT2D eigenvalue weighted by Gasteiger charge is -2.37. The van der Waals surface area contributed by atoms with Crippen LogP contribution in [0.3, 0.4) is 0 Å². The number of hydrogen-bond donors (Lipinski definition) is 1. The van der Waals surface area contributed by atoms with Crippen molar-refractivity contribution in [3.8, 4) is 6.07 Å². The van der Waals surface area contributed by atoms with Gasteiger partial charge >= 0.3 is 0 Å². The Morgan fingerprint density at radius 2 is 1.76 bits per heavy atom. The lowest BCUT2D eigenvalue weighted by atomic mass is 10.1. The Balaban J connectivity index is 1.41. The minimum absolute atomic E-state index is 0.0551. The smallest absolute Gasteiger partial charge is 0.252 e. The van der Waals surface area contributed by atoms with Crippen LogP contribution in [0.5, 0.6) is 0 Å². The lowest BCUT2D eigenvalue weighted by Crippen LogP contribution is -2.51. The molecule has 0 aliphatic carbocycles. The maximum absolute atomic E-state index is 13.1. The van der Waals surface area contributed by atoms with Gasteiger partial charge in [0.1, 0.15) is 0 Å². The first-order valence-electron chi connectivity index (χ1n) is 10.8. The molecule has 0 bridgehead atoms. The number of piperazine rings is 1. The molecular formula is C23H25N7O3. The van der Waals surface area contributed by atoms with Crippen molar-refractivity contribution >= 4 is 29.2 Å². The second-order valence-electron chi connectivity index (χ2n) is 8.35. The van der Waals surface area contributed by atoms with Gasteiger partial charge in [0.15, 0.2) is 5.82 Å². The number of primary amides is 1. The number of nitrogens with zero attached hydrogens (tertiary/aromatic N) is 6. The van der Waals surface area contributed by atoms with Gasteiger partial charge in [0.25, 0.3) is 5.91 Å². The number of aromatic nitrogens is 2. The molecule has 10 nitrogen and oxygen atoms in total. The monoisotopic (exact) mass is 447 g/mol. The van der Waals surface area contributed by atoms with E-state index in [4.69, 9.17) is 11.0 Å². The highest BCUT2D eigenvalue weighted by atomic mass is 16.2. The molecule has 2 fully saturated rings. The zero-order chi connectivity index (χ0) is 23.7. The van der Waals surface area contributed by atoms with Crippen molar-refractivity contribution in [1.29, 1.82) is 5.26 Å². The van der Waals surface area contributed by atoms with Gasteiger partial charge in [0.2, 0.25) is 11.8 Å². The number of benzene rings is 1. The number of nitriles is 1. The number of rotatable bonds is 4. The van der Waals surface area contributed by atoms with Crippen LogP contribution in [0.15, 0.2) is 24.3 Å². The van der Waals surface area contributed by atoms with Crippen LogP contribution in [0.25, 0.3) is 0 Å². The Morgan fingerprint density at radius 3 is 2.36 bits per heavy atom. The Bertz CT molecular complexity index is 1150. The van der Waals surface area contributed by atoms with Crippen LogP contribution < -0.4 is 15.5 Å². The predicted octanol–water partition coefficient (Wildman–Crippen LogP) is 0.766. The van der Waals surface area contributed by atoms with Crippen LogP contribution in [-0.4, -0.2) is 65.5 Å². The molecule has 33 heavy (non-hydrogen) atoms. The predicted molar refractivity (Wildman–Crippen MR) is 120 cm³/mol. The molecular weight excluding hydrogens is 422 g/mol. The van der Waals surface area contributed by atoms with Gasteiger partial charge in [0.05, 0.1) is 28.8 Å². The minimum atomic E-state index is -0.550. The fraction of sp³-hybridized carbons (Fsp3) is 0.391. The molecule has 4 rings (SSSR count). The second kappa shape index (κ2) is 8.86. The van der Waals surface area contributed by atoms with Gasteiger partial charge in [-0.1, -0.05) is 0 Å². The molecule has 170 valence electrons.